The van der Waals surface area contributed by atoms with Crippen molar-refractivity contribution in [2.45, 2.75) is 11.8 Å². The molecule has 5 rings (SSSR count). The highest BCUT2D eigenvalue weighted by atomic mass is 32.2. The van der Waals surface area contributed by atoms with Gasteiger partial charge >= 0.3 is 0 Å². The number of nitrogens with zero attached hydrogens (tertiary/aromatic N) is 3. The minimum absolute atomic E-state index is 0.0877. The molecule has 5 nitrogen and oxygen atoms in total. The van der Waals surface area contributed by atoms with Crippen molar-refractivity contribution in [3.8, 4) is 5.75 Å². The highest BCUT2D eigenvalue weighted by Crippen LogP contribution is 2.50. The Hall–Kier alpha value is -3.16. The molecule has 2 aliphatic heterocycles. The number of carbonyl (C=O) groups is 1. The minimum atomic E-state index is -0.0877. The zero-order chi connectivity index (χ0) is 21.5. The first-order valence-corrected chi connectivity index (χ1v) is 11.4. The van der Waals surface area contributed by atoms with E-state index in [2.05, 4.69) is 17.0 Å². The molecule has 0 atom stereocenters. The van der Waals surface area contributed by atoms with Gasteiger partial charge in [-0.3, -0.25) is 9.69 Å². The fourth-order valence-corrected chi connectivity index (χ4v) is 5.86. The third-order valence-electron chi connectivity index (χ3n) is 5.05. The third-order valence-corrected chi connectivity index (χ3v) is 7.44. The molecule has 31 heavy (non-hydrogen) atoms. The molecule has 0 unspecified atom stereocenters. The van der Waals surface area contributed by atoms with E-state index in [0.29, 0.717) is 15.8 Å². The second-order valence-corrected chi connectivity index (χ2v) is 9.26. The average Bonchev–Trinajstić information content (AvgIpc) is 3.26. The van der Waals surface area contributed by atoms with Crippen molar-refractivity contribution in [1.82, 2.24) is 0 Å². The first-order valence-electron chi connectivity index (χ1n) is 9.73. The van der Waals surface area contributed by atoms with Crippen LogP contribution < -0.4 is 9.80 Å². The van der Waals surface area contributed by atoms with E-state index in [1.807, 2.05) is 50.4 Å². The van der Waals surface area contributed by atoms with Crippen LogP contribution in [0.5, 0.6) is 5.75 Å². The number of phenolic OH excluding ortho intramolecular Hbond substituents is 1. The van der Waals surface area contributed by atoms with Crippen molar-refractivity contribution in [3.05, 3.63) is 88.3 Å². The Balaban J connectivity index is 1.62. The fraction of sp³-hybridized carbons (Fsp3) is 0.0833. The Morgan fingerprint density at radius 1 is 0.935 bits per heavy atom. The molecular formula is C24H19N3O2S2. The van der Waals surface area contributed by atoms with E-state index in [4.69, 9.17) is 4.99 Å². The van der Waals surface area contributed by atoms with Crippen molar-refractivity contribution in [3.63, 3.8) is 0 Å². The van der Waals surface area contributed by atoms with Crippen molar-refractivity contribution in [2.75, 3.05) is 16.8 Å². The lowest BCUT2D eigenvalue weighted by molar-refractivity contribution is -0.113. The molecule has 1 fully saturated rings. The van der Waals surface area contributed by atoms with Crippen LogP contribution >= 0.6 is 23.5 Å². The largest absolute Gasteiger partial charge is 0.508 e. The standard InChI is InChI=1S/C24H19N3O2S2/c1-15-6-5-7-17(14-15)27-22(29)21(23-26(2)19-8-3-4-9-20(19)30-23)31-24(27)25-16-10-12-18(28)13-11-16/h3-14,28H,1-2H3. The van der Waals surface area contributed by atoms with Crippen LogP contribution in [0.4, 0.5) is 17.1 Å². The first kappa shape index (κ1) is 19.8. The summed E-state index contributed by atoms with van der Waals surface area (Å²) < 4.78 is 0. The van der Waals surface area contributed by atoms with Crippen LogP contribution in [0.25, 0.3) is 0 Å². The van der Waals surface area contributed by atoms with Gasteiger partial charge in [0, 0.05) is 11.9 Å². The summed E-state index contributed by atoms with van der Waals surface area (Å²) in [5, 5.41) is 11.1. The maximum Gasteiger partial charge on any atom is 0.274 e. The smallest absolute Gasteiger partial charge is 0.274 e. The second kappa shape index (κ2) is 7.83. The number of carbonyl (C=O) groups excluding carboxylic acids is 1. The summed E-state index contributed by atoms with van der Waals surface area (Å²) in [5.74, 6) is 0.0921. The molecule has 2 heterocycles. The Bertz CT molecular complexity index is 1250. The number of fused-ring (bicyclic) bond motifs is 1. The first-order chi connectivity index (χ1) is 15.0. The average molecular weight is 446 g/mol. The zero-order valence-corrected chi connectivity index (χ0v) is 18.6. The Morgan fingerprint density at radius 2 is 1.71 bits per heavy atom. The van der Waals surface area contributed by atoms with Crippen LogP contribution in [0, 0.1) is 6.92 Å². The summed E-state index contributed by atoms with van der Waals surface area (Å²) in [6.07, 6.45) is 0. The summed E-state index contributed by atoms with van der Waals surface area (Å²) in [6, 6.07) is 22.6. The van der Waals surface area contributed by atoms with Crippen LogP contribution in [0.1, 0.15) is 5.56 Å². The van der Waals surface area contributed by atoms with E-state index in [1.54, 1.807) is 40.9 Å². The lowest BCUT2D eigenvalue weighted by atomic mass is 10.2. The number of amides is 1. The summed E-state index contributed by atoms with van der Waals surface area (Å²) in [4.78, 5) is 23.9. The Kier molecular flexibility index (Phi) is 5.00. The quantitative estimate of drug-likeness (QED) is 0.499. The highest BCUT2D eigenvalue weighted by Gasteiger charge is 2.40. The Labute approximate surface area is 189 Å². The second-order valence-electron chi connectivity index (χ2n) is 7.26. The molecule has 0 spiro atoms. The molecule has 0 aromatic heterocycles. The summed E-state index contributed by atoms with van der Waals surface area (Å²) in [6.45, 7) is 2.00. The molecule has 154 valence electrons. The van der Waals surface area contributed by atoms with E-state index in [0.717, 1.165) is 26.9 Å². The Morgan fingerprint density at radius 3 is 2.45 bits per heavy atom. The van der Waals surface area contributed by atoms with Gasteiger partial charge in [-0.1, -0.05) is 36.0 Å². The van der Waals surface area contributed by atoms with Gasteiger partial charge in [0.2, 0.25) is 0 Å². The van der Waals surface area contributed by atoms with Gasteiger partial charge in [-0.15, -0.1) is 0 Å². The van der Waals surface area contributed by atoms with Gasteiger partial charge in [0.05, 0.1) is 22.1 Å². The normalized spacial score (nSPS) is 19.4. The molecule has 0 radical (unpaired) electrons. The van der Waals surface area contributed by atoms with Crippen molar-refractivity contribution in [1.29, 1.82) is 0 Å². The molecule has 1 saturated heterocycles. The van der Waals surface area contributed by atoms with Crippen LogP contribution in [0.15, 0.2) is 92.6 Å². The van der Waals surface area contributed by atoms with Gasteiger partial charge in [-0.05, 0) is 72.8 Å². The number of benzene rings is 3. The van der Waals surface area contributed by atoms with E-state index in [9.17, 15) is 9.90 Å². The van der Waals surface area contributed by atoms with Crippen LogP contribution in [0.3, 0.4) is 0 Å². The van der Waals surface area contributed by atoms with E-state index < -0.39 is 0 Å². The number of rotatable bonds is 2. The molecule has 0 aliphatic carbocycles. The SMILES string of the molecule is Cc1cccc(N2C(=O)C(=C3Sc4ccccc4N3C)SC2=Nc2ccc(O)cc2)c1. The van der Waals surface area contributed by atoms with E-state index >= 15 is 0 Å². The van der Waals surface area contributed by atoms with E-state index in [1.165, 1.54) is 11.8 Å². The van der Waals surface area contributed by atoms with Gasteiger partial charge in [0.15, 0.2) is 5.17 Å². The maximum atomic E-state index is 13.6. The van der Waals surface area contributed by atoms with Gasteiger partial charge in [-0.25, -0.2) is 4.99 Å². The van der Waals surface area contributed by atoms with Crippen molar-refractivity contribution >= 4 is 51.7 Å². The van der Waals surface area contributed by atoms with Crippen LogP contribution in [0.2, 0.25) is 0 Å². The van der Waals surface area contributed by atoms with E-state index in [-0.39, 0.29) is 11.7 Å². The van der Waals surface area contributed by atoms with Crippen LogP contribution in [-0.4, -0.2) is 23.2 Å². The highest BCUT2D eigenvalue weighted by molar-refractivity contribution is 8.20. The molecule has 3 aromatic carbocycles. The zero-order valence-electron chi connectivity index (χ0n) is 16.9. The van der Waals surface area contributed by atoms with Crippen LogP contribution in [-0.2, 0) is 4.79 Å². The fourth-order valence-electron chi connectivity index (χ4n) is 3.51. The number of para-hydroxylation sites is 1. The van der Waals surface area contributed by atoms with Gasteiger partial charge in [0.1, 0.15) is 10.7 Å². The lowest BCUT2D eigenvalue weighted by Gasteiger charge is -2.17. The maximum absolute atomic E-state index is 13.6. The molecule has 2 aliphatic rings. The monoisotopic (exact) mass is 445 g/mol. The third kappa shape index (κ3) is 3.60. The van der Waals surface area contributed by atoms with Gasteiger partial charge < -0.3 is 10.0 Å². The predicted molar refractivity (Wildman–Crippen MR) is 129 cm³/mol. The topological polar surface area (TPSA) is 56.1 Å². The molecule has 7 heteroatoms. The number of hydrogen-bond acceptors (Lipinski definition) is 6. The number of aromatic hydroxyl groups is 1. The van der Waals surface area contributed by atoms with Crippen molar-refractivity contribution < 1.29 is 9.90 Å². The minimum Gasteiger partial charge on any atom is -0.508 e. The number of thioether (sulfide) groups is 2. The summed E-state index contributed by atoms with van der Waals surface area (Å²) in [7, 11) is 1.99. The number of anilines is 2. The van der Waals surface area contributed by atoms with Gasteiger partial charge in [-0.2, -0.15) is 0 Å². The number of aryl methyl sites for hydroxylation is 1. The molecule has 3 aromatic rings. The molecular weight excluding hydrogens is 426 g/mol. The number of phenols is 1. The number of aliphatic imine (C=N–C) groups is 1. The molecule has 1 amide bonds. The summed E-state index contributed by atoms with van der Waals surface area (Å²) in [5.41, 5.74) is 3.62. The number of hydrogen-bond donors (Lipinski definition) is 1. The molecule has 0 saturated carbocycles. The summed E-state index contributed by atoms with van der Waals surface area (Å²) >= 11 is 2.98. The molecule has 1 N–H and O–H groups in total. The van der Waals surface area contributed by atoms with Gasteiger partial charge in [0.25, 0.3) is 5.91 Å². The predicted octanol–water partition coefficient (Wildman–Crippen LogP) is 5.88. The lowest BCUT2D eigenvalue weighted by Crippen LogP contribution is -2.29. The number of amidine groups is 1. The van der Waals surface area contributed by atoms with Crippen molar-refractivity contribution in [2.24, 2.45) is 4.99 Å². The molecule has 0 bridgehead atoms.